The van der Waals surface area contributed by atoms with Crippen LogP contribution < -0.4 is 4.74 Å². The molecular formula is C20H20F3NO5. The number of hydrogen-bond donors (Lipinski definition) is 1. The summed E-state index contributed by atoms with van der Waals surface area (Å²) in [5.41, 5.74) is 0.0137. The highest BCUT2D eigenvalue weighted by Crippen LogP contribution is 2.39. The van der Waals surface area contributed by atoms with Crippen LogP contribution in [0, 0.1) is 12.8 Å². The number of ether oxygens (including phenoxy) is 1. The zero-order valence-corrected chi connectivity index (χ0v) is 15.9. The van der Waals surface area contributed by atoms with Crippen LogP contribution in [0.4, 0.5) is 18.0 Å². The van der Waals surface area contributed by atoms with Crippen molar-refractivity contribution in [1.29, 1.82) is 0 Å². The van der Waals surface area contributed by atoms with E-state index in [1.165, 1.54) is 24.1 Å². The monoisotopic (exact) mass is 411 g/mol. The second kappa shape index (κ2) is 7.81. The summed E-state index contributed by atoms with van der Waals surface area (Å²) in [5.74, 6) is -0.573. The highest BCUT2D eigenvalue weighted by atomic mass is 19.4. The summed E-state index contributed by atoms with van der Waals surface area (Å²) in [6, 6.07) is 4.57. The average Bonchev–Trinajstić information content (AvgIpc) is 3.07. The maximum atomic E-state index is 13.0. The molecule has 0 saturated carbocycles. The number of aryl methyl sites for hydroxylation is 1. The van der Waals surface area contributed by atoms with Gasteiger partial charge in [0.2, 0.25) is 5.78 Å². The van der Waals surface area contributed by atoms with Crippen molar-refractivity contribution in [1.82, 2.24) is 4.90 Å². The predicted molar refractivity (Wildman–Crippen MR) is 97.1 cm³/mol. The van der Waals surface area contributed by atoms with Crippen molar-refractivity contribution in [3.05, 3.63) is 41.2 Å². The Bertz CT molecular complexity index is 935. The molecule has 1 aromatic heterocycles. The van der Waals surface area contributed by atoms with Crippen LogP contribution >= 0.6 is 0 Å². The van der Waals surface area contributed by atoms with Gasteiger partial charge in [-0.25, -0.2) is 4.79 Å². The molecule has 1 N–H and O–H groups in total. The maximum Gasteiger partial charge on any atom is 0.416 e. The number of amides is 1. The molecule has 156 valence electrons. The van der Waals surface area contributed by atoms with Gasteiger partial charge in [-0.15, -0.1) is 0 Å². The second-order valence-corrected chi connectivity index (χ2v) is 6.97. The molecule has 1 aliphatic heterocycles. The zero-order valence-electron chi connectivity index (χ0n) is 15.9. The minimum absolute atomic E-state index is 0.0222. The molecule has 1 aromatic carbocycles. The summed E-state index contributed by atoms with van der Waals surface area (Å²) in [6.45, 7) is 2.15. The van der Waals surface area contributed by atoms with E-state index >= 15 is 0 Å². The first-order chi connectivity index (χ1) is 13.6. The molecule has 1 saturated heterocycles. The van der Waals surface area contributed by atoms with Crippen molar-refractivity contribution in [2.24, 2.45) is 5.92 Å². The first kappa shape index (κ1) is 20.8. The highest BCUT2D eigenvalue weighted by molar-refractivity contribution is 5.96. The number of benzene rings is 1. The minimum atomic E-state index is -4.51. The topological polar surface area (TPSA) is 80.0 Å². The van der Waals surface area contributed by atoms with E-state index in [1.54, 1.807) is 6.92 Å². The van der Waals surface area contributed by atoms with Gasteiger partial charge in [-0.1, -0.05) is 0 Å². The number of alkyl halides is 3. The van der Waals surface area contributed by atoms with Crippen molar-refractivity contribution in [3.8, 4) is 17.1 Å². The van der Waals surface area contributed by atoms with E-state index in [0.29, 0.717) is 30.5 Å². The summed E-state index contributed by atoms with van der Waals surface area (Å²) in [6.07, 6.45) is -4.47. The van der Waals surface area contributed by atoms with Crippen molar-refractivity contribution in [3.63, 3.8) is 0 Å². The minimum Gasteiger partial charge on any atom is -0.496 e. The molecule has 3 rings (SSSR count). The Morgan fingerprint density at radius 1 is 1.28 bits per heavy atom. The van der Waals surface area contributed by atoms with E-state index in [-0.39, 0.29) is 29.6 Å². The first-order valence-corrected chi connectivity index (χ1v) is 9.00. The quantitative estimate of drug-likeness (QED) is 0.727. The second-order valence-electron chi connectivity index (χ2n) is 6.97. The molecule has 1 fully saturated rings. The van der Waals surface area contributed by atoms with Gasteiger partial charge in [-0.2, -0.15) is 13.2 Å². The zero-order chi connectivity index (χ0) is 21.3. The third-order valence-corrected chi connectivity index (χ3v) is 5.00. The lowest BCUT2D eigenvalue weighted by molar-refractivity contribution is -0.137. The number of rotatable bonds is 4. The van der Waals surface area contributed by atoms with Crippen molar-refractivity contribution in [2.75, 3.05) is 20.2 Å². The van der Waals surface area contributed by atoms with Gasteiger partial charge in [-0.05, 0) is 49.6 Å². The van der Waals surface area contributed by atoms with Crippen LogP contribution in [0.15, 0.2) is 28.7 Å². The van der Waals surface area contributed by atoms with Gasteiger partial charge in [0.25, 0.3) is 0 Å². The SMILES string of the molecule is COc1cc(C(F)(F)F)ccc1-c1oc(C(=O)C2CCCN(C(=O)O)C2)cc1C. The van der Waals surface area contributed by atoms with E-state index in [0.717, 1.165) is 12.1 Å². The summed E-state index contributed by atoms with van der Waals surface area (Å²) in [5, 5.41) is 9.14. The van der Waals surface area contributed by atoms with Crippen LogP contribution in [0.25, 0.3) is 11.3 Å². The summed E-state index contributed by atoms with van der Waals surface area (Å²) in [4.78, 5) is 25.2. The van der Waals surface area contributed by atoms with Crippen LogP contribution in [0.3, 0.4) is 0 Å². The van der Waals surface area contributed by atoms with Gasteiger partial charge in [0.1, 0.15) is 11.5 Å². The third kappa shape index (κ3) is 4.23. The number of hydrogen-bond acceptors (Lipinski definition) is 4. The van der Waals surface area contributed by atoms with Crippen LogP contribution in [-0.2, 0) is 6.18 Å². The number of carbonyl (C=O) groups excluding carboxylic acids is 1. The normalized spacial score (nSPS) is 17.3. The molecule has 0 aliphatic carbocycles. The number of nitrogens with zero attached hydrogens (tertiary/aromatic N) is 1. The molecule has 2 aromatic rings. The molecule has 6 nitrogen and oxygen atoms in total. The number of likely N-dealkylation sites (tertiary alicyclic amines) is 1. The molecule has 1 aliphatic rings. The Kier molecular flexibility index (Phi) is 5.59. The smallest absolute Gasteiger partial charge is 0.416 e. The Balaban J connectivity index is 1.91. The Morgan fingerprint density at radius 3 is 2.62 bits per heavy atom. The third-order valence-electron chi connectivity index (χ3n) is 5.00. The number of carboxylic acid groups (broad SMARTS) is 1. The number of methoxy groups -OCH3 is 1. The summed E-state index contributed by atoms with van der Waals surface area (Å²) >= 11 is 0. The van der Waals surface area contributed by atoms with Crippen LogP contribution in [0.1, 0.15) is 34.5 Å². The van der Waals surface area contributed by atoms with Crippen molar-refractivity contribution >= 4 is 11.9 Å². The lowest BCUT2D eigenvalue weighted by Crippen LogP contribution is -2.41. The molecule has 9 heteroatoms. The molecule has 1 atom stereocenters. The van der Waals surface area contributed by atoms with Gasteiger partial charge in [0.05, 0.1) is 18.2 Å². The van der Waals surface area contributed by atoms with E-state index in [2.05, 4.69) is 0 Å². The number of piperidine rings is 1. The maximum absolute atomic E-state index is 13.0. The number of carbonyl (C=O) groups is 2. The summed E-state index contributed by atoms with van der Waals surface area (Å²) < 4.78 is 49.7. The predicted octanol–water partition coefficient (Wildman–Crippen LogP) is 4.86. The number of Topliss-reactive ketones (excluding diaryl/α,β-unsaturated/α-hetero) is 1. The van der Waals surface area contributed by atoms with Gasteiger partial charge >= 0.3 is 12.3 Å². The molecule has 0 spiro atoms. The largest absolute Gasteiger partial charge is 0.496 e. The van der Waals surface area contributed by atoms with E-state index in [4.69, 9.17) is 14.3 Å². The molecule has 0 bridgehead atoms. The lowest BCUT2D eigenvalue weighted by atomic mass is 9.92. The number of halogens is 3. The van der Waals surface area contributed by atoms with Gasteiger partial charge < -0.3 is 19.2 Å². The van der Waals surface area contributed by atoms with Crippen molar-refractivity contribution < 1.29 is 37.0 Å². The first-order valence-electron chi connectivity index (χ1n) is 9.00. The van der Waals surface area contributed by atoms with Gasteiger partial charge in [0.15, 0.2) is 5.76 Å². The Hall–Kier alpha value is -2.97. The standard InChI is InChI=1S/C20H20F3NO5/c1-11-8-16(17(25)12-4-3-7-24(10-12)19(26)27)29-18(11)14-6-5-13(20(21,22)23)9-15(14)28-2/h5-6,8-9,12H,3-4,7,10H2,1-2H3,(H,26,27). The number of furan rings is 1. The molecular weight excluding hydrogens is 391 g/mol. The van der Waals surface area contributed by atoms with E-state index in [1.807, 2.05) is 0 Å². The average molecular weight is 411 g/mol. The molecule has 29 heavy (non-hydrogen) atoms. The van der Waals surface area contributed by atoms with Crippen molar-refractivity contribution in [2.45, 2.75) is 25.9 Å². The summed E-state index contributed by atoms with van der Waals surface area (Å²) in [7, 11) is 1.26. The Labute approximate surface area is 164 Å². The van der Waals surface area contributed by atoms with Crippen LogP contribution in [-0.4, -0.2) is 42.1 Å². The Morgan fingerprint density at radius 2 is 2.00 bits per heavy atom. The van der Waals surface area contributed by atoms with Gasteiger partial charge in [-0.3, -0.25) is 4.79 Å². The molecule has 2 heterocycles. The van der Waals surface area contributed by atoms with Crippen LogP contribution in [0.2, 0.25) is 0 Å². The fourth-order valence-corrected chi connectivity index (χ4v) is 3.49. The molecule has 1 amide bonds. The number of ketones is 1. The molecule has 1 unspecified atom stereocenters. The van der Waals surface area contributed by atoms with Gasteiger partial charge in [0, 0.05) is 19.0 Å². The molecule has 0 radical (unpaired) electrons. The lowest BCUT2D eigenvalue weighted by Gasteiger charge is -2.29. The van der Waals surface area contributed by atoms with E-state index in [9.17, 15) is 22.8 Å². The van der Waals surface area contributed by atoms with E-state index < -0.39 is 23.8 Å². The fourth-order valence-electron chi connectivity index (χ4n) is 3.49. The highest BCUT2D eigenvalue weighted by Gasteiger charge is 2.33. The van der Waals surface area contributed by atoms with Crippen LogP contribution in [0.5, 0.6) is 5.75 Å². The fraction of sp³-hybridized carbons (Fsp3) is 0.400.